The first-order valence-electron chi connectivity index (χ1n) is 4.46. The van der Waals surface area contributed by atoms with Crippen LogP contribution in [0.4, 0.5) is 10.1 Å². The molecule has 0 aliphatic rings. The maximum Gasteiger partial charge on any atom is 0.149 e. The van der Waals surface area contributed by atoms with Crippen molar-refractivity contribution in [3.05, 3.63) is 46.4 Å². The van der Waals surface area contributed by atoms with Crippen molar-refractivity contribution in [2.75, 3.05) is 5.73 Å². The zero-order chi connectivity index (χ0) is 10.7. The molecule has 0 radical (unpaired) electrons. The van der Waals surface area contributed by atoms with Crippen LogP contribution in [-0.2, 0) is 6.61 Å². The first-order chi connectivity index (χ1) is 7.25. The van der Waals surface area contributed by atoms with Gasteiger partial charge in [-0.1, -0.05) is 6.07 Å². The SMILES string of the molecule is Nc1ccc(OCc2cccs2)cc1F. The maximum atomic E-state index is 13.0. The molecular weight excluding hydrogens is 213 g/mol. The molecular formula is C11H10FNOS. The number of anilines is 1. The van der Waals surface area contributed by atoms with Gasteiger partial charge in [0, 0.05) is 10.9 Å². The molecule has 0 atom stereocenters. The van der Waals surface area contributed by atoms with Crippen molar-refractivity contribution in [2.24, 2.45) is 0 Å². The van der Waals surface area contributed by atoms with E-state index in [0.717, 1.165) is 4.88 Å². The predicted molar refractivity (Wildman–Crippen MR) is 59.5 cm³/mol. The smallest absolute Gasteiger partial charge is 0.149 e. The molecule has 78 valence electrons. The van der Waals surface area contributed by atoms with E-state index in [1.54, 1.807) is 17.4 Å². The monoisotopic (exact) mass is 223 g/mol. The molecule has 2 rings (SSSR count). The minimum absolute atomic E-state index is 0.137. The van der Waals surface area contributed by atoms with E-state index >= 15 is 0 Å². The molecule has 4 heteroatoms. The summed E-state index contributed by atoms with van der Waals surface area (Å²) in [6, 6.07) is 8.37. The summed E-state index contributed by atoms with van der Waals surface area (Å²) >= 11 is 1.61. The lowest BCUT2D eigenvalue weighted by atomic mass is 10.3. The zero-order valence-corrected chi connectivity index (χ0v) is 8.76. The third kappa shape index (κ3) is 2.47. The van der Waals surface area contributed by atoms with E-state index in [4.69, 9.17) is 10.5 Å². The van der Waals surface area contributed by atoms with Crippen LogP contribution in [0.5, 0.6) is 5.75 Å². The Morgan fingerprint density at radius 2 is 2.20 bits per heavy atom. The van der Waals surface area contributed by atoms with Gasteiger partial charge in [0.1, 0.15) is 18.2 Å². The van der Waals surface area contributed by atoms with Crippen LogP contribution in [0.25, 0.3) is 0 Å². The minimum atomic E-state index is -0.446. The van der Waals surface area contributed by atoms with Crippen molar-refractivity contribution < 1.29 is 9.13 Å². The molecule has 0 spiro atoms. The van der Waals surface area contributed by atoms with E-state index < -0.39 is 5.82 Å². The zero-order valence-electron chi connectivity index (χ0n) is 7.94. The summed E-state index contributed by atoms with van der Waals surface area (Å²) in [6.07, 6.45) is 0. The molecule has 0 aliphatic heterocycles. The van der Waals surface area contributed by atoms with Crippen LogP contribution >= 0.6 is 11.3 Å². The van der Waals surface area contributed by atoms with Gasteiger partial charge in [0.15, 0.2) is 0 Å². The lowest BCUT2D eigenvalue weighted by molar-refractivity contribution is 0.308. The predicted octanol–water partition coefficient (Wildman–Crippen LogP) is 3.05. The molecule has 0 bridgehead atoms. The molecule has 2 N–H and O–H groups in total. The average molecular weight is 223 g/mol. The Balaban J connectivity index is 2.02. The topological polar surface area (TPSA) is 35.2 Å². The normalized spacial score (nSPS) is 10.2. The van der Waals surface area contributed by atoms with Crippen LogP contribution in [0.1, 0.15) is 4.88 Å². The number of rotatable bonds is 3. The van der Waals surface area contributed by atoms with Gasteiger partial charge in [-0.15, -0.1) is 11.3 Å². The summed E-state index contributed by atoms with van der Waals surface area (Å²) in [5.41, 5.74) is 5.49. The van der Waals surface area contributed by atoms with E-state index in [1.807, 2.05) is 17.5 Å². The summed E-state index contributed by atoms with van der Waals surface area (Å²) in [4.78, 5) is 1.10. The van der Waals surface area contributed by atoms with E-state index in [-0.39, 0.29) is 5.69 Å². The number of benzene rings is 1. The second kappa shape index (κ2) is 4.31. The summed E-state index contributed by atoms with van der Waals surface area (Å²) in [6.45, 7) is 0.459. The van der Waals surface area contributed by atoms with Crippen molar-refractivity contribution >= 4 is 17.0 Å². The van der Waals surface area contributed by atoms with Gasteiger partial charge in [-0.05, 0) is 23.6 Å². The highest BCUT2D eigenvalue weighted by Crippen LogP contribution is 2.19. The van der Waals surface area contributed by atoms with E-state index in [1.165, 1.54) is 12.1 Å². The molecule has 15 heavy (non-hydrogen) atoms. The van der Waals surface area contributed by atoms with Gasteiger partial charge in [0.05, 0.1) is 5.69 Å². The Kier molecular flexibility index (Phi) is 2.87. The Morgan fingerprint density at radius 1 is 1.33 bits per heavy atom. The molecule has 2 aromatic rings. The molecule has 1 aromatic heterocycles. The molecule has 0 saturated heterocycles. The second-order valence-corrected chi connectivity index (χ2v) is 4.08. The number of thiophene rings is 1. The van der Waals surface area contributed by atoms with Gasteiger partial charge >= 0.3 is 0 Å². The van der Waals surface area contributed by atoms with Crippen molar-refractivity contribution in [1.82, 2.24) is 0 Å². The summed E-state index contributed by atoms with van der Waals surface area (Å²) in [5, 5.41) is 1.97. The number of hydrogen-bond acceptors (Lipinski definition) is 3. The Labute approximate surface area is 91.1 Å². The third-order valence-electron chi connectivity index (χ3n) is 1.93. The maximum absolute atomic E-state index is 13.0. The number of hydrogen-bond donors (Lipinski definition) is 1. The van der Waals surface area contributed by atoms with Crippen LogP contribution in [0.15, 0.2) is 35.7 Å². The number of nitrogen functional groups attached to an aromatic ring is 1. The van der Waals surface area contributed by atoms with Crippen molar-refractivity contribution in [1.29, 1.82) is 0 Å². The van der Waals surface area contributed by atoms with Crippen LogP contribution in [0, 0.1) is 5.82 Å². The highest BCUT2D eigenvalue weighted by molar-refractivity contribution is 7.09. The van der Waals surface area contributed by atoms with Gasteiger partial charge < -0.3 is 10.5 Å². The summed E-state index contributed by atoms with van der Waals surface area (Å²) in [5.74, 6) is 0.0498. The largest absolute Gasteiger partial charge is 0.488 e. The van der Waals surface area contributed by atoms with Crippen LogP contribution in [0.3, 0.4) is 0 Å². The second-order valence-electron chi connectivity index (χ2n) is 3.05. The highest BCUT2D eigenvalue weighted by atomic mass is 32.1. The number of halogens is 1. The lowest BCUT2D eigenvalue weighted by Crippen LogP contribution is -1.95. The van der Waals surface area contributed by atoms with Crippen molar-refractivity contribution in [2.45, 2.75) is 6.61 Å². The van der Waals surface area contributed by atoms with Crippen LogP contribution < -0.4 is 10.5 Å². The molecule has 0 aliphatic carbocycles. The summed E-state index contributed by atoms with van der Waals surface area (Å²) in [7, 11) is 0. The van der Waals surface area contributed by atoms with Gasteiger partial charge in [-0.25, -0.2) is 4.39 Å². The molecule has 1 heterocycles. The fraction of sp³-hybridized carbons (Fsp3) is 0.0909. The Morgan fingerprint density at radius 3 is 2.87 bits per heavy atom. The number of ether oxygens (including phenoxy) is 1. The molecule has 0 amide bonds. The quantitative estimate of drug-likeness (QED) is 0.812. The Bertz CT molecular complexity index is 442. The molecule has 0 unspecified atom stereocenters. The first-order valence-corrected chi connectivity index (χ1v) is 5.34. The van der Waals surface area contributed by atoms with E-state index in [2.05, 4.69) is 0 Å². The molecule has 2 nitrogen and oxygen atoms in total. The molecule has 0 fully saturated rings. The van der Waals surface area contributed by atoms with Gasteiger partial charge in [0.25, 0.3) is 0 Å². The average Bonchev–Trinajstić information content (AvgIpc) is 2.73. The molecule has 1 aromatic carbocycles. The lowest BCUT2D eigenvalue weighted by Gasteiger charge is -2.05. The van der Waals surface area contributed by atoms with Crippen LogP contribution in [-0.4, -0.2) is 0 Å². The first kappa shape index (κ1) is 9.98. The van der Waals surface area contributed by atoms with Crippen molar-refractivity contribution in [3.8, 4) is 5.75 Å². The molecule has 0 saturated carbocycles. The fourth-order valence-electron chi connectivity index (χ4n) is 1.15. The van der Waals surface area contributed by atoms with Gasteiger partial charge in [-0.3, -0.25) is 0 Å². The summed E-state index contributed by atoms with van der Waals surface area (Å²) < 4.78 is 18.4. The third-order valence-corrected chi connectivity index (χ3v) is 2.78. The van der Waals surface area contributed by atoms with Crippen molar-refractivity contribution in [3.63, 3.8) is 0 Å². The van der Waals surface area contributed by atoms with Gasteiger partial charge in [0.2, 0.25) is 0 Å². The Hall–Kier alpha value is -1.55. The van der Waals surface area contributed by atoms with Crippen LogP contribution in [0.2, 0.25) is 0 Å². The number of nitrogens with two attached hydrogens (primary N) is 1. The fourth-order valence-corrected chi connectivity index (χ4v) is 1.76. The van der Waals surface area contributed by atoms with E-state index in [0.29, 0.717) is 12.4 Å². The highest BCUT2D eigenvalue weighted by Gasteiger charge is 2.01. The standard InChI is InChI=1S/C11H10FNOS/c12-10-6-8(3-4-11(10)13)14-7-9-2-1-5-15-9/h1-6H,7,13H2. The van der Waals surface area contributed by atoms with Gasteiger partial charge in [-0.2, -0.15) is 0 Å². The minimum Gasteiger partial charge on any atom is -0.488 e. The van der Waals surface area contributed by atoms with E-state index in [9.17, 15) is 4.39 Å².